The van der Waals surface area contributed by atoms with Gasteiger partial charge in [-0.25, -0.2) is 4.98 Å². The van der Waals surface area contributed by atoms with Crippen LogP contribution in [0, 0.1) is 6.92 Å². The molecule has 24 heavy (non-hydrogen) atoms. The van der Waals surface area contributed by atoms with E-state index in [1.165, 1.54) is 0 Å². The summed E-state index contributed by atoms with van der Waals surface area (Å²) < 4.78 is 5.06. The molecule has 0 fully saturated rings. The van der Waals surface area contributed by atoms with Gasteiger partial charge in [0.1, 0.15) is 5.69 Å². The summed E-state index contributed by atoms with van der Waals surface area (Å²) in [5.41, 5.74) is 1.17. The molecule has 1 N–H and O–H groups in total. The van der Waals surface area contributed by atoms with Gasteiger partial charge in [0.25, 0.3) is 5.56 Å². The van der Waals surface area contributed by atoms with Crippen molar-refractivity contribution >= 4 is 5.91 Å². The molecule has 0 bridgehead atoms. The zero-order chi connectivity index (χ0) is 17.7. The highest BCUT2D eigenvalue weighted by molar-refractivity contribution is 5.79. The van der Waals surface area contributed by atoms with Crippen molar-refractivity contribution in [3.8, 4) is 11.5 Å². The fraction of sp³-hybridized carbons (Fsp3) is 0.412. The van der Waals surface area contributed by atoms with Gasteiger partial charge in [0.05, 0.1) is 19.1 Å². The molecule has 0 spiro atoms. The highest BCUT2D eigenvalue weighted by Crippen LogP contribution is 2.12. The maximum Gasteiger partial charge on any atom is 0.255 e. The molecule has 2 aromatic heterocycles. The van der Waals surface area contributed by atoms with Crippen molar-refractivity contribution in [1.82, 2.24) is 19.9 Å². The van der Waals surface area contributed by atoms with Crippen molar-refractivity contribution in [1.29, 1.82) is 0 Å². The van der Waals surface area contributed by atoms with Crippen LogP contribution in [-0.2, 0) is 16.0 Å². The maximum absolute atomic E-state index is 12.4. The average molecular weight is 330 g/mol. The zero-order valence-electron chi connectivity index (χ0n) is 14.4. The lowest BCUT2D eigenvalue weighted by Gasteiger charge is -2.24. The van der Waals surface area contributed by atoms with Crippen LogP contribution in [0.4, 0.5) is 0 Å². The fourth-order valence-corrected chi connectivity index (χ4v) is 2.32. The van der Waals surface area contributed by atoms with Gasteiger partial charge in [-0.2, -0.15) is 0 Å². The normalized spacial score (nSPS) is 12.0. The van der Waals surface area contributed by atoms with Crippen LogP contribution in [0.5, 0.6) is 0 Å². The van der Waals surface area contributed by atoms with E-state index in [0.29, 0.717) is 29.4 Å². The molecule has 0 aromatic carbocycles. The van der Waals surface area contributed by atoms with E-state index >= 15 is 0 Å². The second-order valence-electron chi connectivity index (χ2n) is 5.68. The van der Waals surface area contributed by atoms with Crippen molar-refractivity contribution in [3.63, 3.8) is 0 Å². The van der Waals surface area contributed by atoms with Gasteiger partial charge in [-0.05, 0) is 26.0 Å². The number of ether oxygens (including phenoxy) is 1. The molecule has 0 saturated carbocycles. The summed E-state index contributed by atoms with van der Waals surface area (Å²) in [6, 6.07) is 5.31. The smallest absolute Gasteiger partial charge is 0.255 e. The second kappa shape index (κ2) is 7.83. The molecule has 1 amide bonds. The topological polar surface area (TPSA) is 88.2 Å². The largest absolute Gasteiger partial charge is 0.383 e. The van der Waals surface area contributed by atoms with Crippen LogP contribution in [0.3, 0.4) is 0 Å². The Bertz CT molecular complexity index is 758. The lowest BCUT2D eigenvalue weighted by molar-refractivity contribution is -0.131. The van der Waals surface area contributed by atoms with Gasteiger partial charge in [0, 0.05) is 31.6 Å². The number of aromatic nitrogens is 3. The third-order valence-corrected chi connectivity index (χ3v) is 3.92. The van der Waals surface area contributed by atoms with E-state index in [1.54, 1.807) is 44.3 Å². The molecular weight excluding hydrogens is 308 g/mol. The van der Waals surface area contributed by atoms with Gasteiger partial charge in [-0.3, -0.25) is 14.6 Å². The van der Waals surface area contributed by atoms with Crippen LogP contribution in [0.15, 0.2) is 29.2 Å². The highest BCUT2D eigenvalue weighted by Gasteiger charge is 2.19. The molecule has 2 rings (SSSR count). The Hall–Kier alpha value is -2.54. The molecule has 2 aromatic rings. The molecule has 0 radical (unpaired) electrons. The predicted molar refractivity (Wildman–Crippen MR) is 90.6 cm³/mol. The Labute approximate surface area is 140 Å². The van der Waals surface area contributed by atoms with E-state index in [-0.39, 0.29) is 23.9 Å². The highest BCUT2D eigenvalue weighted by atomic mass is 16.5. The quantitative estimate of drug-likeness (QED) is 0.859. The molecule has 0 aliphatic carbocycles. The number of pyridine rings is 1. The van der Waals surface area contributed by atoms with Crippen LogP contribution < -0.4 is 5.56 Å². The monoisotopic (exact) mass is 330 g/mol. The summed E-state index contributed by atoms with van der Waals surface area (Å²) in [4.78, 5) is 37.6. The number of amides is 1. The first kappa shape index (κ1) is 17.8. The number of hydrogen-bond acceptors (Lipinski definition) is 5. The number of aromatic amines is 1. The molecule has 2 heterocycles. The Kier molecular flexibility index (Phi) is 5.81. The number of methoxy groups -OCH3 is 1. The number of carbonyl (C=O) groups excluding carboxylic acids is 1. The van der Waals surface area contributed by atoms with Crippen molar-refractivity contribution in [2.75, 3.05) is 20.8 Å². The van der Waals surface area contributed by atoms with Crippen LogP contribution in [0.25, 0.3) is 11.5 Å². The molecule has 0 saturated heterocycles. The van der Waals surface area contributed by atoms with Crippen LogP contribution in [-0.4, -0.2) is 52.6 Å². The SMILES string of the molecule is COC[C@@H](C)N(C)C(=O)Cc1c(C)nc(-c2ccccn2)[nH]c1=O. The molecule has 7 heteroatoms. The van der Waals surface area contributed by atoms with Crippen molar-refractivity contribution in [2.24, 2.45) is 0 Å². The van der Waals surface area contributed by atoms with Crippen LogP contribution in [0.1, 0.15) is 18.2 Å². The van der Waals surface area contributed by atoms with Gasteiger partial charge < -0.3 is 14.6 Å². The predicted octanol–water partition coefficient (Wildman–Crippen LogP) is 1.18. The molecule has 0 unspecified atom stereocenters. The zero-order valence-corrected chi connectivity index (χ0v) is 14.4. The van der Waals surface area contributed by atoms with Crippen LogP contribution in [0.2, 0.25) is 0 Å². The summed E-state index contributed by atoms with van der Waals surface area (Å²) in [5, 5.41) is 0. The molecule has 128 valence electrons. The molecular formula is C17H22N4O3. The first-order chi connectivity index (χ1) is 11.4. The summed E-state index contributed by atoms with van der Waals surface area (Å²) in [5.74, 6) is 0.246. The lowest BCUT2D eigenvalue weighted by Crippen LogP contribution is -2.39. The van der Waals surface area contributed by atoms with Gasteiger partial charge >= 0.3 is 0 Å². The van der Waals surface area contributed by atoms with Crippen molar-refractivity contribution in [3.05, 3.63) is 46.0 Å². The summed E-state index contributed by atoms with van der Waals surface area (Å²) in [6.45, 7) is 4.05. The van der Waals surface area contributed by atoms with E-state index in [4.69, 9.17) is 4.74 Å². The van der Waals surface area contributed by atoms with Gasteiger partial charge in [0.15, 0.2) is 5.82 Å². The number of hydrogen-bond donors (Lipinski definition) is 1. The molecule has 1 atom stereocenters. The van der Waals surface area contributed by atoms with Crippen LogP contribution >= 0.6 is 0 Å². The summed E-state index contributed by atoms with van der Waals surface area (Å²) in [6.07, 6.45) is 1.63. The minimum atomic E-state index is -0.315. The number of H-pyrrole nitrogens is 1. The summed E-state index contributed by atoms with van der Waals surface area (Å²) >= 11 is 0. The Morgan fingerprint density at radius 3 is 2.75 bits per heavy atom. The van der Waals surface area contributed by atoms with Gasteiger partial charge in [0.2, 0.25) is 5.91 Å². The fourth-order valence-electron chi connectivity index (χ4n) is 2.32. The lowest BCUT2D eigenvalue weighted by atomic mass is 10.1. The third-order valence-electron chi connectivity index (χ3n) is 3.92. The number of nitrogens with one attached hydrogen (secondary N) is 1. The number of rotatable bonds is 6. The van der Waals surface area contributed by atoms with Crippen molar-refractivity contribution < 1.29 is 9.53 Å². The molecule has 7 nitrogen and oxygen atoms in total. The van der Waals surface area contributed by atoms with E-state index in [0.717, 1.165) is 0 Å². The maximum atomic E-state index is 12.4. The molecule has 0 aliphatic heterocycles. The number of carbonyl (C=O) groups is 1. The second-order valence-corrected chi connectivity index (χ2v) is 5.68. The first-order valence-corrected chi connectivity index (χ1v) is 7.69. The average Bonchev–Trinajstić information content (AvgIpc) is 2.58. The Balaban J connectivity index is 2.23. The third kappa shape index (κ3) is 4.05. The minimum absolute atomic E-state index is 0.00121. The number of nitrogens with zero attached hydrogens (tertiary/aromatic N) is 3. The number of likely N-dealkylation sites (N-methyl/N-ethyl adjacent to an activating group) is 1. The standard InChI is InChI=1S/C17H22N4O3/c1-11(10-24-4)21(3)15(22)9-13-12(2)19-16(20-17(13)23)14-7-5-6-8-18-14/h5-8,11H,9-10H2,1-4H3,(H,19,20,23)/t11-/m1/s1. The van der Waals surface area contributed by atoms with Gasteiger partial charge in [-0.15, -0.1) is 0 Å². The first-order valence-electron chi connectivity index (χ1n) is 7.69. The Morgan fingerprint density at radius 2 is 2.17 bits per heavy atom. The van der Waals surface area contributed by atoms with E-state index in [9.17, 15) is 9.59 Å². The van der Waals surface area contributed by atoms with Gasteiger partial charge in [-0.1, -0.05) is 6.07 Å². The molecule has 0 aliphatic rings. The van der Waals surface area contributed by atoms with Crippen molar-refractivity contribution in [2.45, 2.75) is 26.3 Å². The Morgan fingerprint density at radius 1 is 1.42 bits per heavy atom. The minimum Gasteiger partial charge on any atom is -0.383 e. The van der Waals surface area contributed by atoms with E-state index in [1.807, 2.05) is 13.0 Å². The van der Waals surface area contributed by atoms with E-state index in [2.05, 4.69) is 15.0 Å². The summed E-state index contributed by atoms with van der Waals surface area (Å²) in [7, 11) is 3.29. The number of aryl methyl sites for hydroxylation is 1. The van der Waals surface area contributed by atoms with E-state index < -0.39 is 0 Å².